The summed E-state index contributed by atoms with van der Waals surface area (Å²) in [4.78, 5) is 4.42. The first-order valence-electron chi connectivity index (χ1n) is 4.05. The van der Waals surface area contributed by atoms with Crippen LogP contribution in [-0.2, 0) is 6.54 Å². The SMILES string of the molecule is C=CC(Br)CCCn1ccnc1. The van der Waals surface area contributed by atoms with Crippen LogP contribution in [0.5, 0.6) is 0 Å². The van der Waals surface area contributed by atoms with E-state index in [1.807, 2.05) is 18.6 Å². The Hall–Kier alpha value is -0.570. The Morgan fingerprint density at radius 3 is 3.08 bits per heavy atom. The lowest BCUT2D eigenvalue weighted by atomic mass is 10.2. The van der Waals surface area contributed by atoms with E-state index in [4.69, 9.17) is 0 Å². The second-order valence-corrected chi connectivity index (χ2v) is 3.87. The van der Waals surface area contributed by atoms with Crippen LogP contribution in [0.15, 0.2) is 31.4 Å². The van der Waals surface area contributed by atoms with Crippen molar-refractivity contribution < 1.29 is 0 Å². The van der Waals surface area contributed by atoms with Crippen LogP contribution in [0.3, 0.4) is 0 Å². The normalized spacial score (nSPS) is 12.8. The molecule has 0 aliphatic rings. The first-order chi connectivity index (χ1) is 5.83. The minimum Gasteiger partial charge on any atom is -0.337 e. The predicted molar refractivity (Wildman–Crippen MR) is 54.4 cm³/mol. The number of imidazole rings is 1. The molecule has 1 aromatic rings. The number of hydrogen-bond donors (Lipinski definition) is 0. The van der Waals surface area contributed by atoms with E-state index in [1.54, 1.807) is 6.20 Å². The summed E-state index contributed by atoms with van der Waals surface area (Å²) in [6, 6.07) is 0. The molecule has 0 amide bonds. The Labute approximate surface area is 81.4 Å². The van der Waals surface area contributed by atoms with Crippen molar-refractivity contribution in [2.24, 2.45) is 0 Å². The molecule has 1 rings (SSSR count). The standard InChI is InChI=1S/C9H13BrN2/c1-2-9(10)4-3-6-12-7-5-11-8-12/h2,5,7-9H,1,3-4,6H2. The van der Waals surface area contributed by atoms with Crippen LogP contribution in [0.2, 0.25) is 0 Å². The Morgan fingerprint density at radius 2 is 2.50 bits per heavy atom. The van der Waals surface area contributed by atoms with E-state index in [2.05, 4.69) is 32.1 Å². The third-order valence-corrected chi connectivity index (χ3v) is 2.54. The van der Waals surface area contributed by atoms with Gasteiger partial charge in [-0.3, -0.25) is 0 Å². The van der Waals surface area contributed by atoms with Crippen LogP contribution in [0.1, 0.15) is 12.8 Å². The molecule has 0 N–H and O–H groups in total. The minimum absolute atomic E-state index is 0.445. The highest BCUT2D eigenvalue weighted by Crippen LogP contribution is 2.09. The van der Waals surface area contributed by atoms with Gasteiger partial charge in [-0.15, -0.1) is 6.58 Å². The van der Waals surface area contributed by atoms with E-state index in [0.717, 1.165) is 19.4 Å². The maximum atomic E-state index is 3.97. The molecule has 0 fully saturated rings. The number of aromatic nitrogens is 2. The molecule has 3 heteroatoms. The number of nitrogens with zero attached hydrogens (tertiary/aromatic N) is 2. The maximum absolute atomic E-state index is 3.97. The largest absolute Gasteiger partial charge is 0.337 e. The summed E-state index contributed by atoms with van der Waals surface area (Å²) in [5.74, 6) is 0. The molecule has 1 aromatic heterocycles. The fraction of sp³-hybridized carbons (Fsp3) is 0.444. The molecule has 0 spiro atoms. The van der Waals surface area contributed by atoms with Gasteiger partial charge in [0.1, 0.15) is 0 Å². The third-order valence-electron chi connectivity index (χ3n) is 1.71. The molecule has 0 saturated carbocycles. The van der Waals surface area contributed by atoms with Gasteiger partial charge in [0.15, 0.2) is 0 Å². The van der Waals surface area contributed by atoms with E-state index < -0.39 is 0 Å². The molecular weight excluding hydrogens is 216 g/mol. The van der Waals surface area contributed by atoms with Crippen LogP contribution in [0, 0.1) is 0 Å². The van der Waals surface area contributed by atoms with Gasteiger partial charge in [-0.25, -0.2) is 4.98 Å². The topological polar surface area (TPSA) is 17.8 Å². The smallest absolute Gasteiger partial charge is 0.0945 e. The lowest BCUT2D eigenvalue weighted by Crippen LogP contribution is -1.98. The minimum atomic E-state index is 0.445. The van der Waals surface area contributed by atoms with Gasteiger partial charge >= 0.3 is 0 Å². The van der Waals surface area contributed by atoms with Crippen molar-refractivity contribution in [3.05, 3.63) is 31.4 Å². The van der Waals surface area contributed by atoms with Crippen molar-refractivity contribution in [2.75, 3.05) is 0 Å². The first kappa shape index (κ1) is 9.52. The zero-order valence-electron chi connectivity index (χ0n) is 6.99. The number of alkyl halides is 1. The zero-order valence-corrected chi connectivity index (χ0v) is 8.57. The Balaban J connectivity index is 2.15. The van der Waals surface area contributed by atoms with E-state index in [0.29, 0.717) is 4.83 Å². The van der Waals surface area contributed by atoms with Crippen LogP contribution in [0.4, 0.5) is 0 Å². The van der Waals surface area contributed by atoms with Crippen molar-refractivity contribution in [1.29, 1.82) is 0 Å². The first-order valence-corrected chi connectivity index (χ1v) is 4.97. The lowest BCUT2D eigenvalue weighted by molar-refractivity contribution is 0.620. The Bertz CT molecular complexity index is 218. The van der Waals surface area contributed by atoms with Crippen molar-refractivity contribution in [3.63, 3.8) is 0 Å². The van der Waals surface area contributed by atoms with Crippen molar-refractivity contribution in [1.82, 2.24) is 9.55 Å². The highest BCUT2D eigenvalue weighted by molar-refractivity contribution is 9.09. The highest BCUT2D eigenvalue weighted by atomic mass is 79.9. The second-order valence-electron chi connectivity index (χ2n) is 2.69. The number of hydrogen-bond acceptors (Lipinski definition) is 1. The third kappa shape index (κ3) is 3.22. The predicted octanol–water partition coefficient (Wildman–Crippen LogP) is 2.61. The summed E-state index contributed by atoms with van der Waals surface area (Å²) in [6.45, 7) is 4.75. The summed E-state index contributed by atoms with van der Waals surface area (Å²) in [7, 11) is 0. The number of rotatable bonds is 5. The van der Waals surface area contributed by atoms with Gasteiger partial charge in [0, 0.05) is 23.8 Å². The van der Waals surface area contributed by atoms with Crippen LogP contribution >= 0.6 is 15.9 Å². The molecule has 12 heavy (non-hydrogen) atoms. The van der Waals surface area contributed by atoms with E-state index in [1.165, 1.54) is 0 Å². The van der Waals surface area contributed by atoms with Gasteiger partial charge in [-0.2, -0.15) is 0 Å². The molecule has 0 radical (unpaired) electrons. The number of aryl methyl sites for hydroxylation is 1. The fourth-order valence-corrected chi connectivity index (χ4v) is 1.33. The fourth-order valence-electron chi connectivity index (χ4n) is 1.01. The van der Waals surface area contributed by atoms with Gasteiger partial charge < -0.3 is 4.57 Å². The Kier molecular flexibility index (Phi) is 4.08. The Morgan fingerprint density at radius 1 is 1.67 bits per heavy atom. The number of allylic oxidation sites excluding steroid dienone is 1. The summed E-state index contributed by atoms with van der Waals surface area (Å²) in [6.07, 6.45) is 9.83. The summed E-state index contributed by atoms with van der Waals surface area (Å²) in [5.41, 5.74) is 0. The van der Waals surface area contributed by atoms with Gasteiger partial charge in [0.05, 0.1) is 6.33 Å². The summed E-state index contributed by atoms with van der Waals surface area (Å²) in [5, 5.41) is 0. The molecule has 2 nitrogen and oxygen atoms in total. The summed E-state index contributed by atoms with van der Waals surface area (Å²) >= 11 is 3.50. The molecule has 0 aliphatic carbocycles. The van der Waals surface area contributed by atoms with E-state index in [-0.39, 0.29) is 0 Å². The average Bonchev–Trinajstić information content (AvgIpc) is 2.57. The van der Waals surface area contributed by atoms with Gasteiger partial charge in [0.2, 0.25) is 0 Å². The van der Waals surface area contributed by atoms with Gasteiger partial charge in [0.25, 0.3) is 0 Å². The number of halogens is 1. The molecule has 1 atom stereocenters. The molecular formula is C9H13BrN2. The van der Waals surface area contributed by atoms with Crippen LogP contribution in [-0.4, -0.2) is 14.4 Å². The zero-order chi connectivity index (χ0) is 8.81. The van der Waals surface area contributed by atoms with Crippen molar-refractivity contribution in [2.45, 2.75) is 24.2 Å². The lowest BCUT2D eigenvalue weighted by Gasteiger charge is -2.03. The molecule has 0 saturated heterocycles. The molecule has 0 aliphatic heterocycles. The van der Waals surface area contributed by atoms with E-state index >= 15 is 0 Å². The quantitative estimate of drug-likeness (QED) is 0.560. The molecule has 0 bridgehead atoms. The molecule has 1 unspecified atom stereocenters. The monoisotopic (exact) mass is 228 g/mol. The van der Waals surface area contributed by atoms with Gasteiger partial charge in [-0.1, -0.05) is 22.0 Å². The molecule has 66 valence electrons. The molecule has 1 heterocycles. The second kappa shape index (κ2) is 5.14. The van der Waals surface area contributed by atoms with Crippen molar-refractivity contribution >= 4 is 15.9 Å². The van der Waals surface area contributed by atoms with Crippen LogP contribution < -0.4 is 0 Å². The maximum Gasteiger partial charge on any atom is 0.0945 e. The van der Waals surface area contributed by atoms with Crippen LogP contribution in [0.25, 0.3) is 0 Å². The van der Waals surface area contributed by atoms with Gasteiger partial charge in [-0.05, 0) is 12.8 Å². The van der Waals surface area contributed by atoms with E-state index in [9.17, 15) is 0 Å². The summed E-state index contributed by atoms with van der Waals surface area (Å²) < 4.78 is 2.09. The molecule has 0 aromatic carbocycles. The average molecular weight is 229 g/mol. The highest BCUT2D eigenvalue weighted by Gasteiger charge is 1.97. The van der Waals surface area contributed by atoms with Crippen molar-refractivity contribution in [3.8, 4) is 0 Å².